The van der Waals surface area contributed by atoms with E-state index in [1.165, 1.54) is 11.3 Å². The number of nitrogens with two attached hydrogens (primary N) is 2. The predicted octanol–water partition coefficient (Wildman–Crippen LogP) is 2.66. The molecule has 2 aromatic rings. The first kappa shape index (κ1) is 18.8. The topological polar surface area (TPSA) is 126 Å². The van der Waals surface area contributed by atoms with Crippen LogP contribution in [0.1, 0.15) is 32.1 Å². The van der Waals surface area contributed by atoms with Crippen LogP contribution in [0.4, 0.5) is 10.7 Å². The van der Waals surface area contributed by atoms with Gasteiger partial charge in [-0.25, -0.2) is 13.4 Å². The fraction of sp³-hybridized carbons (Fsp3) is 0.333. The molecular formula is C18H22N6O2S2. The molecule has 28 heavy (non-hydrogen) atoms. The van der Waals surface area contributed by atoms with Gasteiger partial charge >= 0.3 is 0 Å². The van der Waals surface area contributed by atoms with Crippen molar-refractivity contribution in [3.05, 3.63) is 41.8 Å². The van der Waals surface area contributed by atoms with Crippen LogP contribution in [0.25, 0.3) is 0 Å². The number of hydrogen-bond acceptors (Lipinski definition) is 8. The summed E-state index contributed by atoms with van der Waals surface area (Å²) in [6.45, 7) is 0. The third kappa shape index (κ3) is 3.45. The Hall–Kier alpha value is -2.59. The number of aliphatic imine (C=N–C) groups is 2. The Morgan fingerprint density at radius 2 is 1.79 bits per heavy atom. The molecular weight excluding hydrogens is 396 g/mol. The van der Waals surface area contributed by atoms with E-state index in [9.17, 15) is 8.42 Å². The van der Waals surface area contributed by atoms with Crippen molar-refractivity contribution in [3.8, 4) is 0 Å². The molecule has 0 saturated heterocycles. The van der Waals surface area contributed by atoms with Crippen molar-refractivity contribution in [1.82, 2.24) is 0 Å². The lowest BCUT2D eigenvalue weighted by Gasteiger charge is -2.45. The molecule has 8 nitrogen and oxygen atoms in total. The molecule has 0 radical (unpaired) electrons. The van der Waals surface area contributed by atoms with Crippen molar-refractivity contribution >= 4 is 44.0 Å². The second kappa shape index (κ2) is 7.10. The van der Waals surface area contributed by atoms with Gasteiger partial charge in [-0.3, -0.25) is 9.62 Å². The van der Waals surface area contributed by atoms with Crippen LogP contribution in [-0.2, 0) is 10.0 Å². The van der Waals surface area contributed by atoms with Gasteiger partial charge in [0.1, 0.15) is 10.7 Å². The highest BCUT2D eigenvalue weighted by Crippen LogP contribution is 2.39. The van der Waals surface area contributed by atoms with E-state index in [2.05, 4.69) is 14.7 Å². The summed E-state index contributed by atoms with van der Waals surface area (Å²) in [6.07, 6.45) is 4.84. The fourth-order valence-electron chi connectivity index (χ4n) is 3.80. The number of guanidine groups is 2. The monoisotopic (exact) mass is 418 g/mol. The average molecular weight is 419 g/mol. The second-order valence-corrected chi connectivity index (χ2v) is 9.53. The number of benzene rings is 1. The molecule has 0 unspecified atom stereocenters. The molecule has 148 valence electrons. The van der Waals surface area contributed by atoms with Crippen LogP contribution in [0.2, 0.25) is 0 Å². The Morgan fingerprint density at radius 1 is 1.07 bits per heavy atom. The molecule has 1 fully saturated rings. The fourth-order valence-corrected chi connectivity index (χ4v) is 5.72. The number of rotatable bonds is 4. The maximum atomic E-state index is 12.6. The van der Waals surface area contributed by atoms with Gasteiger partial charge in [0.15, 0.2) is 0 Å². The SMILES string of the molecule is NC1=NC2(CCCCC2)N(c2ccc(S(=O)(=O)Nc3cccs3)cc2)C(N)=N1. The molecule has 1 aromatic heterocycles. The number of thiophene rings is 1. The summed E-state index contributed by atoms with van der Waals surface area (Å²) >= 11 is 1.33. The van der Waals surface area contributed by atoms with Crippen LogP contribution in [0, 0.1) is 0 Å². The third-order valence-electron chi connectivity index (χ3n) is 5.01. The lowest BCUT2D eigenvalue weighted by Crippen LogP contribution is -2.58. The first-order valence-corrected chi connectivity index (χ1v) is 11.4. The van der Waals surface area contributed by atoms with Crippen LogP contribution in [-0.4, -0.2) is 26.0 Å². The lowest BCUT2D eigenvalue weighted by molar-refractivity contribution is 0.305. The minimum Gasteiger partial charge on any atom is -0.369 e. The first-order chi connectivity index (χ1) is 13.4. The standard InChI is InChI=1S/C18H22N6O2S2/c19-16-21-17(20)24(18(22-16)10-2-1-3-11-18)13-6-8-14(9-7-13)28(25,26)23-15-5-4-12-27-15/h4-9,12,23H,1-3,10-11H2,(H4,19,20,21,22). The molecule has 1 saturated carbocycles. The van der Waals surface area contributed by atoms with Gasteiger partial charge in [0, 0.05) is 5.69 Å². The number of hydrogen-bond donors (Lipinski definition) is 3. The van der Waals surface area contributed by atoms with E-state index in [-0.39, 0.29) is 16.8 Å². The van der Waals surface area contributed by atoms with Crippen LogP contribution >= 0.6 is 11.3 Å². The quantitative estimate of drug-likeness (QED) is 0.704. The Bertz CT molecular complexity index is 1010. The highest BCUT2D eigenvalue weighted by atomic mass is 32.2. The summed E-state index contributed by atoms with van der Waals surface area (Å²) in [7, 11) is -3.65. The highest BCUT2D eigenvalue weighted by Gasteiger charge is 2.42. The van der Waals surface area contributed by atoms with E-state index >= 15 is 0 Å². The van der Waals surface area contributed by atoms with Crippen molar-refractivity contribution < 1.29 is 8.42 Å². The molecule has 2 heterocycles. The zero-order chi connectivity index (χ0) is 19.8. The van der Waals surface area contributed by atoms with Gasteiger partial charge in [0.25, 0.3) is 10.0 Å². The van der Waals surface area contributed by atoms with Gasteiger partial charge < -0.3 is 11.5 Å². The number of nitrogens with zero attached hydrogens (tertiary/aromatic N) is 3. The Kier molecular flexibility index (Phi) is 4.76. The van der Waals surface area contributed by atoms with Crippen molar-refractivity contribution in [2.45, 2.75) is 42.7 Å². The van der Waals surface area contributed by atoms with Crippen molar-refractivity contribution in [3.63, 3.8) is 0 Å². The molecule has 1 aliphatic heterocycles. The molecule has 0 atom stereocenters. The van der Waals surface area contributed by atoms with E-state index in [0.717, 1.165) is 37.8 Å². The Balaban J connectivity index is 1.65. The molecule has 1 spiro atoms. The second-order valence-electron chi connectivity index (χ2n) is 6.90. The summed E-state index contributed by atoms with van der Waals surface area (Å²) in [6, 6.07) is 10.1. The van der Waals surface area contributed by atoms with Gasteiger partial charge in [-0.05, 0) is 67.5 Å². The third-order valence-corrected chi connectivity index (χ3v) is 7.31. The zero-order valence-electron chi connectivity index (χ0n) is 15.2. The smallest absolute Gasteiger partial charge is 0.262 e. The summed E-state index contributed by atoms with van der Waals surface area (Å²) in [5, 5.41) is 2.39. The van der Waals surface area contributed by atoms with Crippen LogP contribution in [0.3, 0.4) is 0 Å². The van der Waals surface area contributed by atoms with E-state index in [1.54, 1.807) is 36.4 Å². The maximum absolute atomic E-state index is 12.6. The summed E-state index contributed by atoms with van der Waals surface area (Å²) in [5.74, 6) is 0.469. The van der Waals surface area contributed by atoms with E-state index in [1.807, 2.05) is 10.3 Å². The molecule has 0 bridgehead atoms. The minimum absolute atomic E-state index is 0.179. The van der Waals surface area contributed by atoms with Gasteiger partial charge in [-0.2, -0.15) is 4.99 Å². The largest absolute Gasteiger partial charge is 0.369 e. The minimum atomic E-state index is -3.65. The van der Waals surface area contributed by atoms with E-state index < -0.39 is 15.7 Å². The number of nitrogens with one attached hydrogen (secondary N) is 1. The lowest BCUT2D eigenvalue weighted by atomic mass is 9.87. The highest BCUT2D eigenvalue weighted by molar-refractivity contribution is 7.93. The average Bonchev–Trinajstić information content (AvgIpc) is 3.14. The predicted molar refractivity (Wildman–Crippen MR) is 113 cm³/mol. The van der Waals surface area contributed by atoms with Crippen LogP contribution in [0.5, 0.6) is 0 Å². The maximum Gasteiger partial charge on any atom is 0.262 e. The van der Waals surface area contributed by atoms with Crippen LogP contribution in [0.15, 0.2) is 56.7 Å². The summed E-state index contributed by atoms with van der Waals surface area (Å²) in [5.41, 5.74) is 12.3. The van der Waals surface area contributed by atoms with Crippen molar-refractivity contribution in [2.24, 2.45) is 21.5 Å². The van der Waals surface area contributed by atoms with Gasteiger partial charge in [-0.1, -0.05) is 6.42 Å². The first-order valence-electron chi connectivity index (χ1n) is 9.06. The molecule has 2 aliphatic rings. The van der Waals surface area contributed by atoms with Gasteiger partial charge in [0.05, 0.1) is 4.90 Å². The molecule has 0 amide bonds. The molecule has 4 rings (SSSR count). The molecule has 10 heteroatoms. The van der Waals surface area contributed by atoms with Crippen molar-refractivity contribution in [1.29, 1.82) is 0 Å². The Labute approximate surface area is 168 Å². The van der Waals surface area contributed by atoms with Gasteiger partial charge in [-0.15, -0.1) is 11.3 Å². The zero-order valence-corrected chi connectivity index (χ0v) is 16.8. The summed E-state index contributed by atoms with van der Waals surface area (Å²) < 4.78 is 27.7. The normalized spacial score (nSPS) is 19.2. The number of anilines is 2. The van der Waals surface area contributed by atoms with Crippen molar-refractivity contribution in [2.75, 3.05) is 9.62 Å². The Morgan fingerprint density at radius 3 is 2.43 bits per heavy atom. The summed E-state index contributed by atoms with van der Waals surface area (Å²) in [4.78, 5) is 10.8. The van der Waals surface area contributed by atoms with E-state index in [4.69, 9.17) is 11.5 Å². The van der Waals surface area contributed by atoms with Gasteiger partial charge in [0.2, 0.25) is 11.9 Å². The molecule has 5 N–H and O–H groups in total. The van der Waals surface area contributed by atoms with Crippen LogP contribution < -0.4 is 21.1 Å². The van der Waals surface area contributed by atoms with E-state index in [0.29, 0.717) is 5.00 Å². The molecule has 1 aromatic carbocycles. The number of sulfonamides is 1. The molecule has 1 aliphatic carbocycles.